The van der Waals surface area contributed by atoms with Crippen LogP contribution >= 0.6 is 0 Å². The fourth-order valence-electron chi connectivity index (χ4n) is 3.44. The zero-order valence-electron chi connectivity index (χ0n) is 16.0. The summed E-state index contributed by atoms with van der Waals surface area (Å²) in [6.07, 6.45) is 6.10. The maximum atomic E-state index is 5.68. The van der Waals surface area contributed by atoms with Gasteiger partial charge in [0.1, 0.15) is 0 Å². The van der Waals surface area contributed by atoms with E-state index in [-0.39, 0.29) is 0 Å². The van der Waals surface area contributed by atoms with E-state index in [0.717, 1.165) is 64.9 Å². The van der Waals surface area contributed by atoms with Crippen molar-refractivity contribution in [2.75, 3.05) is 66.8 Å². The van der Waals surface area contributed by atoms with Gasteiger partial charge in [-0.3, -0.25) is 9.89 Å². The van der Waals surface area contributed by atoms with E-state index in [4.69, 9.17) is 14.2 Å². The van der Waals surface area contributed by atoms with Crippen LogP contribution in [0, 0.1) is 0 Å². The monoisotopic (exact) mass is 356 g/mol. The van der Waals surface area contributed by atoms with Crippen LogP contribution in [-0.2, 0) is 14.2 Å². The molecule has 2 rings (SSSR count). The lowest BCUT2D eigenvalue weighted by Gasteiger charge is -2.25. The Kier molecular flexibility index (Phi) is 10.2. The van der Waals surface area contributed by atoms with Crippen LogP contribution in [0.15, 0.2) is 4.99 Å². The first-order chi connectivity index (χ1) is 12.3. The number of nitrogens with zero attached hydrogens (tertiary/aromatic N) is 2. The first-order valence-electron chi connectivity index (χ1n) is 9.70. The Bertz CT molecular complexity index is 375. The summed E-state index contributed by atoms with van der Waals surface area (Å²) in [7, 11) is 3.58. The van der Waals surface area contributed by atoms with Gasteiger partial charge in [-0.25, -0.2) is 0 Å². The molecule has 146 valence electrons. The molecule has 0 aromatic heterocycles. The highest BCUT2D eigenvalue weighted by Crippen LogP contribution is 2.15. The number of methoxy groups -OCH3 is 1. The average molecular weight is 357 g/mol. The minimum atomic E-state index is 0.315. The Morgan fingerprint density at radius 2 is 2.16 bits per heavy atom. The van der Waals surface area contributed by atoms with Crippen LogP contribution in [0.1, 0.15) is 32.1 Å². The van der Waals surface area contributed by atoms with Crippen LogP contribution in [0.25, 0.3) is 0 Å². The second kappa shape index (κ2) is 12.5. The molecular weight excluding hydrogens is 320 g/mol. The molecule has 7 heteroatoms. The van der Waals surface area contributed by atoms with E-state index in [0.29, 0.717) is 12.1 Å². The number of rotatable bonds is 11. The molecular formula is C18H36N4O3. The molecule has 0 amide bonds. The summed E-state index contributed by atoms with van der Waals surface area (Å²) in [4.78, 5) is 6.81. The van der Waals surface area contributed by atoms with Gasteiger partial charge in [-0.15, -0.1) is 0 Å². The molecule has 0 bridgehead atoms. The smallest absolute Gasteiger partial charge is 0.191 e. The lowest BCUT2D eigenvalue weighted by Crippen LogP contribution is -2.45. The van der Waals surface area contributed by atoms with E-state index < -0.39 is 0 Å². The highest BCUT2D eigenvalue weighted by atomic mass is 16.5. The topological polar surface area (TPSA) is 67.4 Å². The number of likely N-dealkylation sites (tertiary alicyclic amines) is 1. The van der Waals surface area contributed by atoms with Crippen molar-refractivity contribution in [1.29, 1.82) is 0 Å². The number of hydrogen-bond donors (Lipinski definition) is 2. The van der Waals surface area contributed by atoms with Crippen LogP contribution in [-0.4, -0.2) is 89.8 Å². The molecule has 0 radical (unpaired) electrons. The summed E-state index contributed by atoms with van der Waals surface area (Å²) in [6, 6.07) is 0.573. The average Bonchev–Trinajstić information content (AvgIpc) is 3.30. The van der Waals surface area contributed by atoms with Gasteiger partial charge >= 0.3 is 0 Å². The van der Waals surface area contributed by atoms with E-state index in [1.165, 1.54) is 25.8 Å². The molecule has 2 N–H and O–H groups in total. The highest BCUT2D eigenvalue weighted by molar-refractivity contribution is 5.79. The number of aliphatic imine (C=N–C) groups is 1. The summed E-state index contributed by atoms with van der Waals surface area (Å²) >= 11 is 0. The van der Waals surface area contributed by atoms with Crippen molar-refractivity contribution in [3.63, 3.8) is 0 Å². The molecule has 0 saturated carbocycles. The van der Waals surface area contributed by atoms with Gasteiger partial charge in [0.15, 0.2) is 5.96 Å². The minimum absolute atomic E-state index is 0.315. The molecule has 2 fully saturated rings. The van der Waals surface area contributed by atoms with Gasteiger partial charge in [0.05, 0.1) is 19.3 Å². The number of guanidine groups is 1. The van der Waals surface area contributed by atoms with Gasteiger partial charge in [0.25, 0.3) is 0 Å². The van der Waals surface area contributed by atoms with E-state index in [1.54, 1.807) is 7.11 Å². The zero-order valence-corrected chi connectivity index (χ0v) is 16.0. The minimum Gasteiger partial charge on any atom is -0.383 e. The van der Waals surface area contributed by atoms with Crippen molar-refractivity contribution in [2.24, 2.45) is 4.99 Å². The van der Waals surface area contributed by atoms with Crippen molar-refractivity contribution in [3.8, 4) is 0 Å². The SMILES string of the molecule is CN=C(NCCCOCC1CCCO1)NCC1CCCN1CCOC. The van der Waals surface area contributed by atoms with Gasteiger partial charge in [-0.1, -0.05) is 0 Å². The Morgan fingerprint density at radius 1 is 1.24 bits per heavy atom. The van der Waals surface area contributed by atoms with Crippen molar-refractivity contribution in [1.82, 2.24) is 15.5 Å². The maximum Gasteiger partial charge on any atom is 0.191 e. The maximum absolute atomic E-state index is 5.68. The van der Waals surface area contributed by atoms with Gasteiger partial charge in [-0.2, -0.15) is 0 Å². The third kappa shape index (κ3) is 7.90. The van der Waals surface area contributed by atoms with E-state index in [1.807, 2.05) is 7.05 Å². The molecule has 2 saturated heterocycles. The molecule has 2 unspecified atom stereocenters. The summed E-state index contributed by atoms with van der Waals surface area (Å²) in [5.74, 6) is 0.873. The van der Waals surface area contributed by atoms with Crippen LogP contribution in [0.5, 0.6) is 0 Å². The molecule has 0 aliphatic carbocycles. The van der Waals surface area contributed by atoms with Gasteiger partial charge in [0, 0.05) is 53.0 Å². The molecule has 2 aliphatic heterocycles. The van der Waals surface area contributed by atoms with Crippen molar-refractivity contribution < 1.29 is 14.2 Å². The molecule has 0 aromatic rings. The van der Waals surface area contributed by atoms with Crippen LogP contribution in [0.2, 0.25) is 0 Å². The molecule has 2 aliphatic rings. The number of nitrogens with one attached hydrogen (secondary N) is 2. The Morgan fingerprint density at radius 3 is 2.92 bits per heavy atom. The molecule has 7 nitrogen and oxygen atoms in total. The molecule has 2 atom stereocenters. The lowest BCUT2D eigenvalue weighted by molar-refractivity contribution is 0.0168. The predicted molar refractivity (Wildman–Crippen MR) is 100 cm³/mol. The predicted octanol–water partition coefficient (Wildman–Crippen LogP) is 0.848. The van der Waals surface area contributed by atoms with E-state index in [2.05, 4.69) is 20.5 Å². The van der Waals surface area contributed by atoms with Crippen LogP contribution < -0.4 is 10.6 Å². The van der Waals surface area contributed by atoms with Gasteiger partial charge in [0.2, 0.25) is 0 Å². The first kappa shape index (κ1) is 20.4. The molecule has 25 heavy (non-hydrogen) atoms. The fraction of sp³-hybridized carbons (Fsp3) is 0.944. The third-order valence-electron chi connectivity index (χ3n) is 4.90. The van der Waals surface area contributed by atoms with Crippen molar-refractivity contribution in [3.05, 3.63) is 0 Å². The highest BCUT2D eigenvalue weighted by Gasteiger charge is 2.23. The molecule has 0 spiro atoms. The van der Waals surface area contributed by atoms with Crippen molar-refractivity contribution >= 4 is 5.96 Å². The van der Waals surface area contributed by atoms with Crippen LogP contribution in [0.4, 0.5) is 0 Å². The van der Waals surface area contributed by atoms with Gasteiger partial charge < -0.3 is 24.8 Å². The first-order valence-corrected chi connectivity index (χ1v) is 9.70. The third-order valence-corrected chi connectivity index (χ3v) is 4.90. The van der Waals surface area contributed by atoms with E-state index in [9.17, 15) is 0 Å². The van der Waals surface area contributed by atoms with E-state index >= 15 is 0 Å². The number of ether oxygens (including phenoxy) is 3. The quantitative estimate of drug-likeness (QED) is 0.325. The normalized spacial score (nSPS) is 24.8. The summed E-state index contributed by atoms with van der Waals surface area (Å²) in [6.45, 7) is 7.16. The standard InChI is InChI=1S/C18H36N4O3/c1-19-18(20-8-5-11-24-15-17-7-4-12-25-17)21-14-16-6-3-9-22(16)10-13-23-2/h16-17H,3-15H2,1-2H3,(H2,19,20,21). The molecule has 0 aromatic carbocycles. The Labute approximate surface area is 152 Å². The summed E-state index contributed by atoms with van der Waals surface area (Å²) < 4.78 is 16.4. The fourth-order valence-corrected chi connectivity index (χ4v) is 3.44. The molecule has 2 heterocycles. The van der Waals surface area contributed by atoms with Gasteiger partial charge in [-0.05, 0) is 38.6 Å². The number of hydrogen-bond acceptors (Lipinski definition) is 5. The largest absolute Gasteiger partial charge is 0.383 e. The van der Waals surface area contributed by atoms with Crippen LogP contribution in [0.3, 0.4) is 0 Å². The summed E-state index contributed by atoms with van der Waals surface area (Å²) in [5, 5.41) is 6.81. The Balaban J connectivity index is 1.51. The second-order valence-electron chi connectivity index (χ2n) is 6.77. The second-order valence-corrected chi connectivity index (χ2v) is 6.77. The van der Waals surface area contributed by atoms with Crippen molar-refractivity contribution in [2.45, 2.75) is 44.2 Å². The summed E-state index contributed by atoms with van der Waals surface area (Å²) in [5.41, 5.74) is 0. The zero-order chi connectivity index (χ0) is 17.7. The Hall–Kier alpha value is -0.890. The lowest BCUT2D eigenvalue weighted by atomic mass is 10.2.